The summed E-state index contributed by atoms with van der Waals surface area (Å²) in [4.78, 5) is 2.45. The average Bonchev–Trinajstić information content (AvgIpc) is 3.70. The number of furan rings is 1. The van der Waals surface area contributed by atoms with Crippen LogP contribution in [0, 0.1) is 0 Å². The fourth-order valence-electron chi connectivity index (χ4n) is 8.84. The molecule has 282 valence electrons. The Morgan fingerprint density at radius 3 is 1.57 bits per heavy atom. The van der Waals surface area contributed by atoms with Gasteiger partial charge < -0.3 is 9.32 Å². The van der Waals surface area contributed by atoms with Crippen LogP contribution in [0.5, 0.6) is 0 Å². The second-order valence-electron chi connectivity index (χ2n) is 15.2. The van der Waals surface area contributed by atoms with Crippen LogP contribution >= 0.6 is 0 Å². The van der Waals surface area contributed by atoms with E-state index >= 15 is 0 Å². The molecule has 0 amide bonds. The smallest absolute Gasteiger partial charge is 0.136 e. The van der Waals surface area contributed by atoms with Gasteiger partial charge in [0.1, 0.15) is 11.2 Å². The minimum atomic E-state index is 0.885. The zero-order valence-electron chi connectivity index (χ0n) is 32.9. The summed E-state index contributed by atoms with van der Waals surface area (Å²) >= 11 is 0. The van der Waals surface area contributed by atoms with Crippen molar-refractivity contribution in [1.29, 1.82) is 0 Å². The summed E-state index contributed by atoms with van der Waals surface area (Å²) in [6, 6.07) is 85.0. The first kappa shape index (κ1) is 35.2. The Morgan fingerprint density at radius 2 is 0.783 bits per heavy atom. The maximum absolute atomic E-state index is 6.36. The highest BCUT2D eigenvalue weighted by Crippen LogP contribution is 2.48. The van der Waals surface area contributed by atoms with Crippen molar-refractivity contribution in [3.8, 4) is 55.6 Å². The highest BCUT2D eigenvalue weighted by atomic mass is 16.3. The number of benzene rings is 10. The van der Waals surface area contributed by atoms with Crippen molar-refractivity contribution >= 4 is 49.8 Å². The molecule has 0 atom stereocenters. The maximum atomic E-state index is 6.36. The minimum absolute atomic E-state index is 0.885. The first-order valence-electron chi connectivity index (χ1n) is 20.5. The van der Waals surface area contributed by atoms with Crippen molar-refractivity contribution in [3.63, 3.8) is 0 Å². The number of hydrogen-bond donors (Lipinski definition) is 0. The van der Waals surface area contributed by atoms with Gasteiger partial charge in [-0.2, -0.15) is 0 Å². The molecule has 0 aliphatic heterocycles. The molecule has 2 heteroatoms. The van der Waals surface area contributed by atoms with Gasteiger partial charge >= 0.3 is 0 Å². The molecule has 0 fully saturated rings. The third-order valence-corrected chi connectivity index (χ3v) is 11.7. The average molecular weight is 766 g/mol. The lowest BCUT2D eigenvalue weighted by atomic mass is 9.90. The van der Waals surface area contributed by atoms with Gasteiger partial charge in [0.2, 0.25) is 0 Å². The highest BCUT2D eigenvalue weighted by molar-refractivity contribution is 6.09. The molecule has 0 aliphatic carbocycles. The molecule has 11 aromatic rings. The summed E-state index contributed by atoms with van der Waals surface area (Å²) in [6.45, 7) is 0. The summed E-state index contributed by atoms with van der Waals surface area (Å²) in [5.74, 6) is 0. The van der Waals surface area contributed by atoms with Gasteiger partial charge in [0.05, 0.1) is 11.4 Å². The van der Waals surface area contributed by atoms with Crippen molar-refractivity contribution < 1.29 is 4.42 Å². The molecule has 1 aromatic heterocycles. The Morgan fingerprint density at radius 1 is 0.283 bits per heavy atom. The normalized spacial score (nSPS) is 11.3. The van der Waals surface area contributed by atoms with E-state index < -0.39 is 0 Å². The van der Waals surface area contributed by atoms with Crippen LogP contribution in [0.15, 0.2) is 241 Å². The molecule has 0 aliphatic rings. The molecule has 0 bridgehead atoms. The number of rotatable bonds is 8. The quantitative estimate of drug-likeness (QED) is 0.153. The second kappa shape index (κ2) is 15.1. The van der Waals surface area contributed by atoms with E-state index in [1.807, 2.05) is 12.1 Å². The fraction of sp³-hybridized carbons (Fsp3) is 0. The van der Waals surface area contributed by atoms with E-state index in [-0.39, 0.29) is 0 Å². The van der Waals surface area contributed by atoms with Crippen LogP contribution in [-0.2, 0) is 0 Å². The third-order valence-electron chi connectivity index (χ3n) is 11.7. The van der Waals surface area contributed by atoms with Gasteiger partial charge in [0.15, 0.2) is 0 Å². The Bertz CT molecular complexity index is 3300. The molecular weight excluding hydrogens is 727 g/mol. The first-order chi connectivity index (χ1) is 29.8. The summed E-state index contributed by atoms with van der Waals surface area (Å²) in [5.41, 5.74) is 16.7. The van der Waals surface area contributed by atoms with Crippen LogP contribution < -0.4 is 4.90 Å². The van der Waals surface area contributed by atoms with Gasteiger partial charge in [-0.15, -0.1) is 0 Å². The van der Waals surface area contributed by atoms with Crippen molar-refractivity contribution in [3.05, 3.63) is 237 Å². The molecule has 2 nitrogen and oxygen atoms in total. The van der Waals surface area contributed by atoms with E-state index in [1.54, 1.807) is 0 Å². The van der Waals surface area contributed by atoms with E-state index in [0.29, 0.717) is 0 Å². The molecule has 0 saturated carbocycles. The molecule has 0 spiro atoms. The van der Waals surface area contributed by atoms with E-state index in [9.17, 15) is 0 Å². The molecule has 0 saturated heterocycles. The zero-order valence-corrected chi connectivity index (χ0v) is 32.9. The molecule has 1 heterocycles. The van der Waals surface area contributed by atoms with Crippen LogP contribution in [0.3, 0.4) is 0 Å². The van der Waals surface area contributed by atoms with Crippen LogP contribution in [0.4, 0.5) is 17.1 Å². The van der Waals surface area contributed by atoms with Crippen LogP contribution in [0.1, 0.15) is 0 Å². The molecular formula is C58H39NO. The lowest BCUT2D eigenvalue weighted by Gasteiger charge is -2.30. The first-order valence-corrected chi connectivity index (χ1v) is 20.5. The van der Waals surface area contributed by atoms with Crippen LogP contribution in [-0.4, -0.2) is 0 Å². The monoisotopic (exact) mass is 765 g/mol. The number of fused-ring (bicyclic) bond motifs is 4. The summed E-state index contributed by atoms with van der Waals surface area (Å²) < 4.78 is 6.36. The van der Waals surface area contributed by atoms with Crippen molar-refractivity contribution in [1.82, 2.24) is 0 Å². The number of hydrogen-bond acceptors (Lipinski definition) is 2. The van der Waals surface area contributed by atoms with Gasteiger partial charge in [0.25, 0.3) is 0 Å². The lowest BCUT2D eigenvalue weighted by Crippen LogP contribution is -2.12. The summed E-state index contributed by atoms with van der Waals surface area (Å²) in [7, 11) is 0. The predicted octanol–water partition coefficient (Wildman–Crippen LogP) is 16.5. The second-order valence-corrected chi connectivity index (χ2v) is 15.2. The van der Waals surface area contributed by atoms with Gasteiger partial charge in [-0.3, -0.25) is 0 Å². The third kappa shape index (κ3) is 6.32. The summed E-state index contributed by atoms with van der Waals surface area (Å²) in [6.07, 6.45) is 0. The molecule has 0 N–H and O–H groups in total. The van der Waals surface area contributed by atoms with Gasteiger partial charge in [0, 0.05) is 27.6 Å². The van der Waals surface area contributed by atoms with E-state index in [4.69, 9.17) is 4.42 Å². The Balaban J connectivity index is 1.12. The molecule has 0 radical (unpaired) electrons. The van der Waals surface area contributed by atoms with Gasteiger partial charge in [-0.25, -0.2) is 0 Å². The molecule has 11 rings (SSSR count). The number of para-hydroxylation sites is 3. The van der Waals surface area contributed by atoms with Crippen LogP contribution in [0.2, 0.25) is 0 Å². The van der Waals surface area contributed by atoms with E-state index in [1.165, 1.54) is 38.6 Å². The fourth-order valence-corrected chi connectivity index (χ4v) is 8.84. The van der Waals surface area contributed by atoms with Crippen LogP contribution in [0.25, 0.3) is 88.3 Å². The SMILES string of the molecule is c1ccc(-c2ccc(-c3ccccc3N(c3cccc(-c4ccc5c(c4)oc4ccccc45)c3)c3ccccc3-c3cccc4cccc(-c5ccccc5)c34)cc2)cc1. The predicted molar refractivity (Wildman–Crippen MR) is 253 cm³/mol. The molecule has 60 heavy (non-hydrogen) atoms. The van der Waals surface area contributed by atoms with Crippen molar-refractivity contribution in [2.75, 3.05) is 4.90 Å². The Kier molecular flexibility index (Phi) is 8.87. The minimum Gasteiger partial charge on any atom is -0.456 e. The largest absolute Gasteiger partial charge is 0.456 e. The standard InChI is InChI=1S/C58H39NO/c1-3-16-40(17-4-1)41-32-34-43(35-33-41)48-24-7-10-29-54(48)59(47-23-13-22-45(38-47)46-36-37-52-51-26-9-12-31-56(51)60-57(52)39-46)55-30-11-8-25-50(55)53-28-15-21-44-20-14-27-49(58(44)53)42-18-5-2-6-19-42/h1-39H. The van der Waals surface area contributed by atoms with Crippen molar-refractivity contribution in [2.24, 2.45) is 0 Å². The Labute approximate surface area is 349 Å². The topological polar surface area (TPSA) is 16.4 Å². The van der Waals surface area contributed by atoms with E-state index in [0.717, 1.165) is 66.8 Å². The van der Waals surface area contributed by atoms with Gasteiger partial charge in [-0.05, 0) is 97.7 Å². The highest BCUT2D eigenvalue weighted by Gasteiger charge is 2.22. The lowest BCUT2D eigenvalue weighted by molar-refractivity contribution is 0.669. The summed E-state index contributed by atoms with van der Waals surface area (Å²) in [5, 5.41) is 4.69. The van der Waals surface area contributed by atoms with Gasteiger partial charge in [-0.1, -0.05) is 194 Å². The molecule has 10 aromatic carbocycles. The maximum Gasteiger partial charge on any atom is 0.136 e. The van der Waals surface area contributed by atoms with Crippen molar-refractivity contribution in [2.45, 2.75) is 0 Å². The molecule has 0 unspecified atom stereocenters. The number of nitrogens with zero attached hydrogens (tertiary/aromatic N) is 1. The Hall–Kier alpha value is -7.94. The van der Waals surface area contributed by atoms with E-state index in [2.05, 4.69) is 229 Å². The number of anilines is 3. The zero-order chi connectivity index (χ0) is 39.8.